The Kier molecular flexibility index (Phi) is 6.83. The first-order chi connectivity index (χ1) is 14.7. The van der Waals surface area contributed by atoms with E-state index in [-0.39, 0.29) is 17.5 Å². The van der Waals surface area contributed by atoms with E-state index >= 15 is 0 Å². The molecule has 12 heteroatoms. The number of nitrogens with one attached hydrogen (secondary N) is 2. The van der Waals surface area contributed by atoms with Crippen molar-refractivity contribution in [1.82, 2.24) is 20.3 Å². The maximum absolute atomic E-state index is 12.9. The number of carbonyl (C=O) groups is 1. The van der Waals surface area contributed by atoms with E-state index in [0.717, 1.165) is 29.2 Å². The molecular formula is C19H18F3N5O3S. The lowest BCUT2D eigenvalue weighted by Crippen LogP contribution is -2.33. The minimum absolute atomic E-state index is 0.111. The largest absolute Gasteiger partial charge is 0.433 e. The van der Waals surface area contributed by atoms with Crippen molar-refractivity contribution >= 4 is 28.9 Å². The van der Waals surface area contributed by atoms with E-state index in [0.29, 0.717) is 16.1 Å². The number of carbonyl (C=O) groups excluding carboxylic acids is 1. The molecule has 3 aromatic rings. The van der Waals surface area contributed by atoms with E-state index in [9.17, 15) is 23.1 Å². The number of amides is 1. The van der Waals surface area contributed by atoms with Crippen LogP contribution in [0.25, 0.3) is 10.4 Å². The Labute approximate surface area is 178 Å². The molecule has 4 N–H and O–H groups in total. The predicted octanol–water partition coefficient (Wildman–Crippen LogP) is 2.75. The number of rotatable bonds is 7. The monoisotopic (exact) mass is 453 g/mol. The smallest absolute Gasteiger partial charge is 0.394 e. The van der Waals surface area contributed by atoms with Gasteiger partial charge in [-0.25, -0.2) is 15.0 Å². The van der Waals surface area contributed by atoms with Crippen molar-refractivity contribution in [2.24, 2.45) is 0 Å². The average molecular weight is 453 g/mol. The second kappa shape index (κ2) is 9.37. The van der Waals surface area contributed by atoms with Crippen molar-refractivity contribution in [3.63, 3.8) is 0 Å². The number of anilines is 2. The summed E-state index contributed by atoms with van der Waals surface area (Å²) < 4.78 is 38.6. The van der Waals surface area contributed by atoms with Gasteiger partial charge in [-0.3, -0.25) is 4.79 Å². The molecule has 1 aromatic carbocycles. The number of thiazole rings is 1. The number of aliphatic hydroxyl groups is 2. The average Bonchev–Trinajstić information content (AvgIpc) is 3.21. The van der Waals surface area contributed by atoms with Gasteiger partial charge >= 0.3 is 6.18 Å². The third-order valence-corrected chi connectivity index (χ3v) is 5.02. The van der Waals surface area contributed by atoms with Gasteiger partial charge in [-0.1, -0.05) is 6.07 Å². The van der Waals surface area contributed by atoms with Gasteiger partial charge in [-0.2, -0.15) is 13.2 Å². The zero-order valence-corrected chi connectivity index (χ0v) is 17.0. The highest BCUT2D eigenvalue weighted by Crippen LogP contribution is 2.31. The van der Waals surface area contributed by atoms with Gasteiger partial charge in [0.15, 0.2) is 5.01 Å². The first-order valence-corrected chi connectivity index (χ1v) is 9.79. The zero-order valence-electron chi connectivity index (χ0n) is 16.1. The van der Waals surface area contributed by atoms with Crippen LogP contribution in [0.1, 0.15) is 21.1 Å². The minimum Gasteiger partial charge on any atom is -0.394 e. The molecule has 0 saturated carbocycles. The molecule has 164 valence electrons. The van der Waals surface area contributed by atoms with E-state index in [1.807, 2.05) is 13.0 Å². The summed E-state index contributed by atoms with van der Waals surface area (Å²) in [6.07, 6.45) is -3.12. The quantitative estimate of drug-likeness (QED) is 0.434. The van der Waals surface area contributed by atoms with Crippen LogP contribution in [-0.2, 0) is 6.18 Å². The van der Waals surface area contributed by atoms with E-state index in [1.165, 1.54) is 6.20 Å². The molecule has 2 heterocycles. The Hall–Kier alpha value is -3.09. The summed E-state index contributed by atoms with van der Waals surface area (Å²) in [4.78, 5) is 24.2. The number of alkyl halides is 3. The van der Waals surface area contributed by atoms with Gasteiger partial charge in [-0.05, 0) is 36.2 Å². The maximum atomic E-state index is 12.9. The van der Waals surface area contributed by atoms with Crippen molar-refractivity contribution in [2.45, 2.75) is 19.2 Å². The van der Waals surface area contributed by atoms with Gasteiger partial charge < -0.3 is 20.8 Å². The van der Waals surface area contributed by atoms with Crippen LogP contribution >= 0.6 is 11.3 Å². The number of aryl methyl sites for hydroxylation is 1. The molecule has 0 spiro atoms. The van der Waals surface area contributed by atoms with Crippen LogP contribution in [0.15, 0.2) is 36.7 Å². The second-order valence-electron chi connectivity index (χ2n) is 6.55. The highest BCUT2D eigenvalue weighted by Gasteiger charge is 2.32. The third-order valence-electron chi connectivity index (χ3n) is 3.97. The minimum atomic E-state index is -4.58. The van der Waals surface area contributed by atoms with Crippen LogP contribution in [0.3, 0.4) is 0 Å². The van der Waals surface area contributed by atoms with Gasteiger partial charge in [0, 0.05) is 24.6 Å². The standard InChI is InChI=1S/C19H18F3N5O3S/c1-10-4-11(14-8-25-17(31-14)16(30)24-7-13(29)9-28)6-12(5-10)26-18-23-3-2-15(27-18)19(20,21)22/h2-6,8,13,28-29H,7,9H2,1H3,(H,24,30)(H,23,26,27)/t13-/m0/s1. The van der Waals surface area contributed by atoms with Crippen LogP contribution in [0.5, 0.6) is 0 Å². The molecule has 1 atom stereocenters. The first-order valence-electron chi connectivity index (χ1n) is 8.98. The fraction of sp³-hybridized carbons (Fsp3) is 0.263. The molecule has 0 radical (unpaired) electrons. The Morgan fingerprint density at radius 2 is 2.03 bits per heavy atom. The second-order valence-corrected chi connectivity index (χ2v) is 7.58. The topological polar surface area (TPSA) is 120 Å². The molecule has 0 aliphatic rings. The Morgan fingerprint density at radius 3 is 2.74 bits per heavy atom. The third kappa shape index (κ3) is 5.96. The molecule has 1 amide bonds. The fourth-order valence-electron chi connectivity index (χ4n) is 2.57. The summed E-state index contributed by atoms with van der Waals surface area (Å²) in [5.74, 6) is -0.690. The van der Waals surface area contributed by atoms with Crippen molar-refractivity contribution in [2.75, 3.05) is 18.5 Å². The Balaban J connectivity index is 1.79. The number of halogens is 3. The zero-order chi connectivity index (χ0) is 22.6. The Morgan fingerprint density at radius 1 is 1.26 bits per heavy atom. The lowest BCUT2D eigenvalue weighted by Gasteiger charge is -2.10. The predicted molar refractivity (Wildman–Crippen MR) is 108 cm³/mol. The van der Waals surface area contributed by atoms with Crippen LogP contribution in [0, 0.1) is 6.92 Å². The van der Waals surface area contributed by atoms with Crippen molar-refractivity contribution < 1.29 is 28.2 Å². The molecule has 0 aliphatic carbocycles. The van der Waals surface area contributed by atoms with Crippen LogP contribution < -0.4 is 10.6 Å². The summed E-state index contributed by atoms with van der Waals surface area (Å²) >= 11 is 1.11. The van der Waals surface area contributed by atoms with Gasteiger partial charge in [0.1, 0.15) is 5.69 Å². The van der Waals surface area contributed by atoms with Gasteiger partial charge in [-0.15, -0.1) is 11.3 Å². The van der Waals surface area contributed by atoms with Crippen molar-refractivity contribution in [1.29, 1.82) is 0 Å². The van der Waals surface area contributed by atoms with E-state index in [1.54, 1.807) is 12.1 Å². The molecule has 0 bridgehead atoms. The maximum Gasteiger partial charge on any atom is 0.433 e. The summed E-state index contributed by atoms with van der Waals surface area (Å²) in [5, 5.41) is 23.5. The normalized spacial score (nSPS) is 12.5. The van der Waals surface area contributed by atoms with Crippen LogP contribution in [0.4, 0.5) is 24.8 Å². The lowest BCUT2D eigenvalue weighted by atomic mass is 10.1. The van der Waals surface area contributed by atoms with Crippen LogP contribution in [0.2, 0.25) is 0 Å². The summed E-state index contributed by atoms with van der Waals surface area (Å²) in [7, 11) is 0. The van der Waals surface area contributed by atoms with Crippen molar-refractivity contribution in [3.8, 4) is 10.4 Å². The number of nitrogens with zero attached hydrogens (tertiary/aromatic N) is 3. The van der Waals surface area contributed by atoms with E-state index < -0.39 is 30.5 Å². The van der Waals surface area contributed by atoms with E-state index in [4.69, 9.17) is 5.11 Å². The molecule has 0 fully saturated rings. The SMILES string of the molecule is Cc1cc(Nc2nccc(C(F)(F)F)n2)cc(-c2cnc(C(=O)NC[C@H](O)CO)s2)c1. The highest BCUT2D eigenvalue weighted by molar-refractivity contribution is 7.17. The van der Waals surface area contributed by atoms with Gasteiger partial charge in [0.2, 0.25) is 5.95 Å². The number of benzene rings is 1. The number of aliphatic hydroxyl groups excluding tert-OH is 2. The Bertz CT molecular complexity index is 1070. The molecule has 2 aromatic heterocycles. The van der Waals surface area contributed by atoms with Crippen molar-refractivity contribution in [3.05, 3.63) is 52.9 Å². The molecule has 8 nitrogen and oxygen atoms in total. The number of hydrogen-bond acceptors (Lipinski definition) is 8. The molecule has 31 heavy (non-hydrogen) atoms. The molecule has 0 saturated heterocycles. The highest BCUT2D eigenvalue weighted by atomic mass is 32.1. The van der Waals surface area contributed by atoms with Gasteiger partial charge in [0.05, 0.1) is 17.6 Å². The fourth-order valence-corrected chi connectivity index (χ4v) is 3.39. The molecule has 0 aliphatic heterocycles. The summed E-state index contributed by atoms with van der Waals surface area (Å²) in [6.45, 7) is 1.23. The summed E-state index contributed by atoms with van der Waals surface area (Å²) in [5.41, 5.74) is 0.931. The summed E-state index contributed by atoms with van der Waals surface area (Å²) in [6, 6.07) is 6.03. The van der Waals surface area contributed by atoms with Gasteiger partial charge in [0.25, 0.3) is 5.91 Å². The first kappa shape index (κ1) is 22.6. The lowest BCUT2D eigenvalue weighted by molar-refractivity contribution is -0.141. The number of aromatic nitrogens is 3. The number of hydrogen-bond donors (Lipinski definition) is 4. The molecule has 0 unspecified atom stereocenters. The van der Waals surface area contributed by atoms with Crippen LogP contribution in [-0.4, -0.2) is 50.3 Å². The molecular weight excluding hydrogens is 435 g/mol. The molecule has 3 rings (SSSR count). The van der Waals surface area contributed by atoms with E-state index in [2.05, 4.69) is 25.6 Å².